The molecule has 0 saturated heterocycles. The Morgan fingerprint density at radius 1 is 1.45 bits per heavy atom. The molecule has 0 fully saturated rings. The van der Waals surface area contributed by atoms with E-state index in [9.17, 15) is 4.79 Å². The number of amides is 2. The maximum Gasteiger partial charge on any atom is 0.346 e. The number of terminal acetylenes is 1. The van der Waals surface area contributed by atoms with Crippen LogP contribution < -0.4 is 10.5 Å². The zero-order chi connectivity index (χ0) is 14.5. The Bertz CT molecular complexity index is 557. The van der Waals surface area contributed by atoms with Crippen LogP contribution in [-0.2, 0) is 0 Å². The molecule has 20 heavy (non-hydrogen) atoms. The summed E-state index contributed by atoms with van der Waals surface area (Å²) in [6.07, 6.45) is 6.23. The molecule has 5 heteroatoms. The number of nitrogens with two attached hydrogens (primary N) is 1. The number of rotatable bonds is 5. The Balaban J connectivity index is 2.19. The first kappa shape index (κ1) is 13.9. The minimum Gasteiger partial charge on any atom is -0.494 e. The molecule has 1 aromatic carbocycles. The average molecular weight is 271 g/mol. The van der Waals surface area contributed by atoms with E-state index in [4.69, 9.17) is 16.9 Å². The van der Waals surface area contributed by atoms with Gasteiger partial charge in [-0.05, 0) is 24.1 Å². The Labute approximate surface area is 118 Å². The molecule has 1 atom stereocenters. The van der Waals surface area contributed by atoms with Gasteiger partial charge in [0.15, 0.2) is 0 Å². The number of benzene rings is 1. The summed E-state index contributed by atoms with van der Waals surface area (Å²) in [5.74, 6) is 3.51. The summed E-state index contributed by atoms with van der Waals surface area (Å²) < 4.78 is 5.52. The van der Waals surface area contributed by atoms with Crippen molar-refractivity contribution in [2.24, 2.45) is 10.7 Å². The molecule has 2 N–H and O–H groups in total. The molecule has 0 saturated carbocycles. The molecule has 0 spiro atoms. The molecule has 1 heterocycles. The highest BCUT2D eigenvalue weighted by Gasteiger charge is 2.33. The number of carbonyl (C=O) groups is 1. The van der Waals surface area contributed by atoms with E-state index in [1.54, 1.807) is 0 Å². The second kappa shape index (κ2) is 6.11. The van der Waals surface area contributed by atoms with Crippen LogP contribution >= 0.6 is 0 Å². The normalized spacial score (nSPS) is 17.8. The molecule has 0 radical (unpaired) electrons. The number of aliphatic imine (C=N–C) groups is 1. The number of hydrogen-bond acceptors (Lipinski definition) is 3. The largest absolute Gasteiger partial charge is 0.494 e. The molecule has 1 aromatic rings. The van der Waals surface area contributed by atoms with Gasteiger partial charge in [-0.3, -0.25) is 4.90 Å². The van der Waals surface area contributed by atoms with E-state index in [-0.39, 0.29) is 12.4 Å². The van der Waals surface area contributed by atoms with Crippen LogP contribution in [0.4, 0.5) is 4.79 Å². The number of hydrogen-bond donors (Lipinski definition) is 1. The first-order valence-corrected chi connectivity index (χ1v) is 6.48. The van der Waals surface area contributed by atoms with Gasteiger partial charge in [0.25, 0.3) is 0 Å². The lowest BCUT2D eigenvalue weighted by molar-refractivity contribution is 0.213. The van der Waals surface area contributed by atoms with Gasteiger partial charge in [0, 0.05) is 0 Å². The maximum atomic E-state index is 11.7. The van der Waals surface area contributed by atoms with Crippen molar-refractivity contribution in [2.75, 3.05) is 13.2 Å². The number of carbonyl (C=O) groups excluding carboxylic acids is 1. The van der Waals surface area contributed by atoms with Crippen molar-refractivity contribution in [3.8, 4) is 18.1 Å². The summed E-state index contributed by atoms with van der Waals surface area (Å²) in [5.41, 5.74) is 6.70. The molecular formula is C15H17N3O2. The maximum absolute atomic E-state index is 11.7. The standard InChI is InChI=1S/C15H17N3O2/c1-3-9-18-13(14(16)17-15(18)19)11-5-7-12(8-6-11)20-10-4-2/h1,5-8,13H,4,9-10H2,2H3,(H2,16,17,19). The number of amidine groups is 1. The van der Waals surface area contributed by atoms with Crippen molar-refractivity contribution < 1.29 is 9.53 Å². The third-order valence-electron chi connectivity index (χ3n) is 2.99. The molecular weight excluding hydrogens is 254 g/mol. The molecule has 1 unspecified atom stereocenters. The number of urea groups is 1. The van der Waals surface area contributed by atoms with Crippen molar-refractivity contribution in [3.63, 3.8) is 0 Å². The van der Waals surface area contributed by atoms with Crippen molar-refractivity contribution in [1.29, 1.82) is 0 Å². The van der Waals surface area contributed by atoms with Crippen molar-refractivity contribution in [2.45, 2.75) is 19.4 Å². The van der Waals surface area contributed by atoms with Gasteiger partial charge in [0.2, 0.25) is 0 Å². The van der Waals surface area contributed by atoms with E-state index < -0.39 is 12.1 Å². The fourth-order valence-corrected chi connectivity index (χ4v) is 2.08. The van der Waals surface area contributed by atoms with Gasteiger partial charge < -0.3 is 10.5 Å². The lowest BCUT2D eigenvalue weighted by Gasteiger charge is -2.22. The molecule has 0 aliphatic carbocycles. The van der Waals surface area contributed by atoms with Crippen LogP contribution in [0, 0.1) is 12.3 Å². The van der Waals surface area contributed by atoms with Gasteiger partial charge >= 0.3 is 6.03 Å². The highest BCUT2D eigenvalue weighted by molar-refractivity contribution is 6.03. The van der Waals surface area contributed by atoms with Crippen LogP contribution in [-0.4, -0.2) is 29.9 Å². The van der Waals surface area contributed by atoms with Crippen molar-refractivity contribution in [3.05, 3.63) is 29.8 Å². The van der Waals surface area contributed by atoms with Crippen LogP contribution in [0.15, 0.2) is 29.3 Å². The third-order valence-corrected chi connectivity index (χ3v) is 2.99. The minimum atomic E-state index is -0.392. The third kappa shape index (κ3) is 2.75. The predicted molar refractivity (Wildman–Crippen MR) is 77.5 cm³/mol. The summed E-state index contributed by atoms with van der Waals surface area (Å²) in [7, 11) is 0. The van der Waals surface area contributed by atoms with E-state index in [0.29, 0.717) is 6.61 Å². The SMILES string of the molecule is C#CCN1C(=O)N=C(N)C1c1ccc(OCCC)cc1. The van der Waals surface area contributed by atoms with Gasteiger partial charge in [-0.15, -0.1) is 6.42 Å². The second-order valence-corrected chi connectivity index (χ2v) is 4.47. The molecule has 104 valence electrons. The van der Waals surface area contributed by atoms with Crippen LogP contribution in [0.25, 0.3) is 0 Å². The molecule has 0 aromatic heterocycles. The summed E-state index contributed by atoms with van der Waals surface area (Å²) in [4.78, 5) is 16.9. The number of nitrogens with zero attached hydrogens (tertiary/aromatic N) is 2. The summed E-state index contributed by atoms with van der Waals surface area (Å²) in [5, 5.41) is 0. The number of ether oxygens (including phenoxy) is 1. The molecule has 1 aliphatic heterocycles. The lowest BCUT2D eigenvalue weighted by atomic mass is 10.1. The van der Waals surface area contributed by atoms with Gasteiger partial charge in [-0.1, -0.05) is 25.0 Å². The quantitative estimate of drug-likeness (QED) is 0.832. The smallest absolute Gasteiger partial charge is 0.346 e. The van der Waals surface area contributed by atoms with E-state index in [2.05, 4.69) is 10.9 Å². The summed E-state index contributed by atoms with van der Waals surface area (Å²) in [6, 6.07) is 6.68. The second-order valence-electron chi connectivity index (χ2n) is 4.47. The zero-order valence-electron chi connectivity index (χ0n) is 11.4. The van der Waals surface area contributed by atoms with Crippen LogP contribution in [0.5, 0.6) is 5.75 Å². The predicted octanol–water partition coefficient (Wildman–Crippen LogP) is 1.94. The molecule has 5 nitrogen and oxygen atoms in total. The Morgan fingerprint density at radius 2 is 2.15 bits per heavy atom. The first-order valence-electron chi connectivity index (χ1n) is 6.48. The lowest BCUT2D eigenvalue weighted by Crippen LogP contribution is -2.33. The monoisotopic (exact) mass is 271 g/mol. The highest BCUT2D eigenvalue weighted by atomic mass is 16.5. The van der Waals surface area contributed by atoms with Crippen molar-refractivity contribution in [1.82, 2.24) is 4.90 Å². The van der Waals surface area contributed by atoms with Crippen LogP contribution in [0.1, 0.15) is 24.9 Å². The van der Waals surface area contributed by atoms with Gasteiger partial charge in [0.1, 0.15) is 17.6 Å². The van der Waals surface area contributed by atoms with Gasteiger partial charge in [0.05, 0.1) is 13.2 Å². The van der Waals surface area contributed by atoms with E-state index in [1.807, 2.05) is 31.2 Å². The van der Waals surface area contributed by atoms with E-state index >= 15 is 0 Å². The van der Waals surface area contributed by atoms with Gasteiger partial charge in [-0.2, -0.15) is 4.99 Å². The molecule has 0 bridgehead atoms. The first-order chi connectivity index (χ1) is 9.67. The fraction of sp³-hybridized carbons (Fsp3) is 0.333. The molecule has 2 rings (SSSR count). The van der Waals surface area contributed by atoms with Crippen LogP contribution in [0.3, 0.4) is 0 Å². The minimum absolute atomic E-state index is 0.182. The summed E-state index contributed by atoms with van der Waals surface area (Å²) in [6.45, 7) is 2.91. The molecule has 1 aliphatic rings. The Hall–Kier alpha value is -2.48. The van der Waals surface area contributed by atoms with E-state index in [1.165, 1.54) is 4.90 Å². The Morgan fingerprint density at radius 3 is 2.75 bits per heavy atom. The zero-order valence-corrected chi connectivity index (χ0v) is 11.4. The summed E-state index contributed by atoms with van der Waals surface area (Å²) >= 11 is 0. The highest BCUT2D eigenvalue weighted by Crippen LogP contribution is 2.27. The molecule has 2 amide bonds. The topological polar surface area (TPSA) is 67.9 Å². The fourth-order valence-electron chi connectivity index (χ4n) is 2.08. The average Bonchev–Trinajstić information content (AvgIpc) is 2.72. The van der Waals surface area contributed by atoms with E-state index in [0.717, 1.165) is 17.7 Å². The van der Waals surface area contributed by atoms with Gasteiger partial charge in [-0.25, -0.2) is 4.79 Å². The van der Waals surface area contributed by atoms with Crippen molar-refractivity contribution >= 4 is 11.9 Å². The Kier molecular flexibility index (Phi) is 4.26. The van der Waals surface area contributed by atoms with Crippen LogP contribution in [0.2, 0.25) is 0 Å².